The molecule has 1 aliphatic rings. The molecular weight excluding hydrogens is 616 g/mol. The third-order valence-electron chi connectivity index (χ3n) is 4.17. The SMILES string of the molecule is COCCCN1C(=O)S/C(=C/c2ccc(OCc3ccc(I)cc3)c(I)c2)C1=O. The number of methoxy groups -OCH3 is 1. The van der Waals surface area contributed by atoms with Gasteiger partial charge in [-0.15, -0.1) is 0 Å². The standard InChI is InChI=1S/C21H19I2NO4S/c1-27-10-2-9-24-20(25)19(29-21(24)26)12-15-5-8-18(17(23)11-15)28-13-14-3-6-16(22)7-4-14/h3-8,11-12H,2,9-10,13H2,1H3/b19-12+. The lowest BCUT2D eigenvalue weighted by Crippen LogP contribution is -2.29. The summed E-state index contributed by atoms with van der Waals surface area (Å²) in [5.41, 5.74) is 1.96. The summed E-state index contributed by atoms with van der Waals surface area (Å²) in [7, 11) is 1.60. The fourth-order valence-corrected chi connectivity index (χ4v) is 4.60. The first-order chi connectivity index (χ1) is 14.0. The van der Waals surface area contributed by atoms with Crippen molar-refractivity contribution in [3.63, 3.8) is 0 Å². The summed E-state index contributed by atoms with van der Waals surface area (Å²) in [5, 5.41) is -0.232. The van der Waals surface area contributed by atoms with E-state index in [1.807, 2.05) is 30.3 Å². The van der Waals surface area contributed by atoms with Gasteiger partial charge in [0.15, 0.2) is 0 Å². The maximum absolute atomic E-state index is 12.5. The van der Waals surface area contributed by atoms with Gasteiger partial charge in [0.1, 0.15) is 12.4 Å². The zero-order chi connectivity index (χ0) is 20.8. The van der Waals surface area contributed by atoms with Gasteiger partial charge in [-0.2, -0.15) is 0 Å². The van der Waals surface area contributed by atoms with E-state index in [2.05, 4.69) is 57.3 Å². The van der Waals surface area contributed by atoms with Gasteiger partial charge in [-0.1, -0.05) is 18.2 Å². The number of carbonyl (C=O) groups is 2. The molecule has 1 fully saturated rings. The van der Waals surface area contributed by atoms with Crippen molar-refractivity contribution in [3.05, 3.63) is 65.6 Å². The Morgan fingerprint density at radius 3 is 2.55 bits per heavy atom. The van der Waals surface area contributed by atoms with Gasteiger partial charge in [0, 0.05) is 23.8 Å². The first kappa shape index (κ1) is 22.6. The molecule has 0 unspecified atom stereocenters. The van der Waals surface area contributed by atoms with Crippen LogP contribution in [0.3, 0.4) is 0 Å². The molecule has 1 saturated heterocycles. The van der Waals surface area contributed by atoms with E-state index in [0.29, 0.717) is 31.1 Å². The molecule has 5 nitrogen and oxygen atoms in total. The molecule has 0 spiro atoms. The number of benzene rings is 2. The molecule has 0 aromatic heterocycles. The van der Waals surface area contributed by atoms with Crippen LogP contribution in [0.25, 0.3) is 6.08 Å². The Morgan fingerprint density at radius 2 is 1.86 bits per heavy atom. The molecule has 29 heavy (non-hydrogen) atoms. The highest BCUT2D eigenvalue weighted by molar-refractivity contribution is 14.1. The number of imide groups is 1. The van der Waals surface area contributed by atoms with Gasteiger partial charge in [-0.05, 0) is 105 Å². The van der Waals surface area contributed by atoms with E-state index in [9.17, 15) is 9.59 Å². The summed E-state index contributed by atoms with van der Waals surface area (Å²) in [6.07, 6.45) is 2.39. The summed E-state index contributed by atoms with van der Waals surface area (Å²) in [6.45, 7) is 1.38. The highest BCUT2D eigenvalue weighted by atomic mass is 127. The Balaban J connectivity index is 1.65. The van der Waals surface area contributed by atoms with E-state index >= 15 is 0 Å². The van der Waals surface area contributed by atoms with Gasteiger partial charge in [-0.25, -0.2) is 0 Å². The van der Waals surface area contributed by atoms with Gasteiger partial charge in [0.05, 0.1) is 8.48 Å². The van der Waals surface area contributed by atoms with Crippen LogP contribution in [-0.4, -0.2) is 36.3 Å². The van der Waals surface area contributed by atoms with Crippen LogP contribution in [0.2, 0.25) is 0 Å². The van der Waals surface area contributed by atoms with Crippen molar-refractivity contribution in [2.24, 2.45) is 0 Å². The van der Waals surface area contributed by atoms with Crippen LogP contribution in [0, 0.1) is 7.14 Å². The second-order valence-electron chi connectivity index (χ2n) is 6.28. The van der Waals surface area contributed by atoms with Gasteiger partial charge in [0.25, 0.3) is 11.1 Å². The second kappa shape index (κ2) is 10.8. The summed E-state index contributed by atoms with van der Waals surface area (Å²) in [6, 6.07) is 13.9. The molecule has 8 heteroatoms. The Kier molecular flexibility index (Phi) is 8.39. The van der Waals surface area contributed by atoms with Gasteiger partial charge in [0.2, 0.25) is 0 Å². The lowest BCUT2D eigenvalue weighted by atomic mass is 10.2. The Morgan fingerprint density at radius 1 is 1.10 bits per heavy atom. The molecule has 3 rings (SSSR count). The Hall–Kier alpha value is -1.11. The number of thioether (sulfide) groups is 1. The molecule has 1 aliphatic heterocycles. The maximum atomic E-state index is 12.5. The maximum Gasteiger partial charge on any atom is 0.293 e. The average Bonchev–Trinajstić information content (AvgIpc) is 2.96. The van der Waals surface area contributed by atoms with Crippen molar-refractivity contribution >= 4 is 74.2 Å². The zero-order valence-corrected chi connectivity index (χ0v) is 20.8. The molecule has 2 aromatic rings. The van der Waals surface area contributed by atoms with E-state index in [1.165, 1.54) is 8.47 Å². The molecule has 0 bridgehead atoms. The minimum atomic E-state index is -0.245. The number of ether oxygens (including phenoxy) is 2. The third kappa shape index (κ3) is 6.19. The highest BCUT2D eigenvalue weighted by Gasteiger charge is 2.34. The minimum absolute atomic E-state index is 0.232. The van der Waals surface area contributed by atoms with Crippen LogP contribution in [0.4, 0.5) is 4.79 Å². The van der Waals surface area contributed by atoms with Crippen molar-refractivity contribution in [2.45, 2.75) is 13.0 Å². The number of hydrogen-bond donors (Lipinski definition) is 0. The van der Waals surface area contributed by atoms with E-state index in [4.69, 9.17) is 9.47 Å². The van der Waals surface area contributed by atoms with Crippen molar-refractivity contribution in [2.75, 3.05) is 20.3 Å². The number of carbonyl (C=O) groups excluding carboxylic acids is 2. The summed E-state index contributed by atoms with van der Waals surface area (Å²) in [5.74, 6) is 0.541. The van der Waals surface area contributed by atoms with Crippen LogP contribution < -0.4 is 4.74 Å². The van der Waals surface area contributed by atoms with E-state index in [-0.39, 0.29) is 11.1 Å². The largest absolute Gasteiger partial charge is 0.488 e. The fraction of sp³-hybridized carbons (Fsp3) is 0.238. The predicted octanol–water partition coefficient (Wildman–Crippen LogP) is 5.55. The Labute approximate surface area is 201 Å². The number of halogens is 2. The number of rotatable bonds is 8. The molecule has 0 radical (unpaired) electrons. The van der Waals surface area contributed by atoms with Crippen LogP contribution >= 0.6 is 56.9 Å². The molecule has 0 atom stereocenters. The van der Waals surface area contributed by atoms with Crippen LogP contribution in [0.1, 0.15) is 17.5 Å². The monoisotopic (exact) mass is 635 g/mol. The molecular formula is C21H19I2NO4S. The van der Waals surface area contributed by atoms with E-state index in [1.54, 1.807) is 13.2 Å². The number of nitrogens with zero attached hydrogens (tertiary/aromatic N) is 1. The zero-order valence-electron chi connectivity index (χ0n) is 15.7. The number of hydrogen-bond acceptors (Lipinski definition) is 5. The molecule has 1 heterocycles. The third-order valence-corrected chi connectivity index (χ3v) is 6.63. The smallest absolute Gasteiger partial charge is 0.293 e. The van der Waals surface area contributed by atoms with Gasteiger partial charge >= 0.3 is 0 Å². The minimum Gasteiger partial charge on any atom is -0.488 e. The highest BCUT2D eigenvalue weighted by Crippen LogP contribution is 2.33. The van der Waals surface area contributed by atoms with Gasteiger partial charge < -0.3 is 9.47 Å². The Bertz CT molecular complexity index is 931. The fourth-order valence-electron chi connectivity index (χ4n) is 2.68. The van der Waals surface area contributed by atoms with Crippen molar-refractivity contribution in [1.29, 1.82) is 0 Å². The quantitative estimate of drug-likeness (QED) is 0.217. The lowest BCUT2D eigenvalue weighted by molar-refractivity contribution is -0.122. The van der Waals surface area contributed by atoms with Crippen molar-refractivity contribution < 1.29 is 19.1 Å². The predicted molar refractivity (Wildman–Crippen MR) is 132 cm³/mol. The van der Waals surface area contributed by atoms with Gasteiger partial charge in [-0.3, -0.25) is 14.5 Å². The molecule has 2 aromatic carbocycles. The van der Waals surface area contributed by atoms with Crippen LogP contribution in [0.5, 0.6) is 5.75 Å². The molecule has 0 N–H and O–H groups in total. The summed E-state index contributed by atoms with van der Waals surface area (Å²) < 4.78 is 13.0. The van der Waals surface area contributed by atoms with E-state index in [0.717, 1.165) is 32.2 Å². The first-order valence-corrected chi connectivity index (χ1v) is 11.9. The number of amides is 2. The van der Waals surface area contributed by atoms with Crippen molar-refractivity contribution in [3.8, 4) is 5.75 Å². The second-order valence-corrected chi connectivity index (χ2v) is 9.69. The molecule has 0 aliphatic carbocycles. The van der Waals surface area contributed by atoms with Crippen LogP contribution in [0.15, 0.2) is 47.4 Å². The molecule has 152 valence electrons. The summed E-state index contributed by atoms with van der Waals surface area (Å²) in [4.78, 5) is 26.3. The summed E-state index contributed by atoms with van der Waals surface area (Å²) >= 11 is 5.47. The molecule has 0 saturated carbocycles. The lowest BCUT2D eigenvalue weighted by Gasteiger charge is -2.11. The van der Waals surface area contributed by atoms with E-state index < -0.39 is 0 Å². The van der Waals surface area contributed by atoms with Crippen molar-refractivity contribution in [1.82, 2.24) is 4.90 Å². The average molecular weight is 635 g/mol. The normalized spacial score (nSPS) is 15.4. The first-order valence-electron chi connectivity index (χ1n) is 8.89. The van der Waals surface area contributed by atoms with Crippen LogP contribution in [-0.2, 0) is 16.1 Å². The topological polar surface area (TPSA) is 55.8 Å². The molecule has 2 amide bonds.